The van der Waals surface area contributed by atoms with Crippen molar-refractivity contribution in [1.82, 2.24) is 0 Å². The standard InChI is InChI=1S/C16H25ClO2/c1-5-16(6-2,19-7-3)15(18)11-13-9-8-12(4)10-14(13)17/h8-10,15,18H,5-7,11H2,1-4H3. The van der Waals surface area contributed by atoms with E-state index in [1.165, 1.54) is 0 Å². The van der Waals surface area contributed by atoms with Crippen molar-refractivity contribution in [1.29, 1.82) is 0 Å². The average molecular weight is 285 g/mol. The molecule has 108 valence electrons. The van der Waals surface area contributed by atoms with Crippen LogP contribution in [-0.2, 0) is 11.2 Å². The molecule has 1 atom stereocenters. The lowest BCUT2D eigenvalue weighted by Crippen LogP contribution is -2.45. The largest absolute Gasteiger partial charge is 0.390 e. The molecule has 1 rings (SSSR count). The summed E-state index contributed by atoms with van der Waals surface area (Å²) < 4.78 is 5.83. The normalized spacial score (nSPS) is 13.6. The first-order valence-electron chi connectivity index (χ1n) is 7.06. The van der Waals surface area contributed by atoms with Crippen molar-refractivity contribution in [3.63, 3.8) is 0 Å². The Hall–Kier alpha value is -0.570. The molecule has 0 aliphatic rings. The number of hydrogen-bond acceptors (Lipinski definition) is 2. The predicted molar refractivity (Wildman–Crippen MR) is 80.8 cm³/mol. The van der Waals surface area contributed by atoms with Crippen LogP contribution in [0.15, 0.2) is 18.2 Å². The van der Waals surface area contributed by atoms with E-state index in [-0.39, 0.29) is 0 Å². The van der Waals surface area contributed by atoms with Crippen LogP contribution < -0.4 is 0 Å². The monoisotopic (exact) mass is 284 g/mol. The second-order valence-corrected chi connectivity index (χ2v) is 5.43. The molecule has 1 aromatic rings. The summed E-state index contributed by atoms with van der Waals surface area (Å²) in [6.07, 6.45) is 1.58. The summed E-state index contributed by atoms with van der Waals surface area (Å²) in [5.41, 5.74) is 1.64. The highest BCUT2D eigenvalue weighted by molar-refractivity contribution is 6.31. The van der Waals surface area contributed by atoms with Gasteiger partial charge in [0.05, 0.1) is 11.7 Å². The summed E-state index contributed by atoms with van der Waals surface area (Å²) >= 11 is 6.24. The first-order chi connectivity index (χ1) is 8.99. The van der Waals surface area contributed by atoms with Gasteiger partial charge in [-0.3, -0.25) is 0 Å². The molecule has 3 heteroatoms. The van der Waals surface area contributed by atoms with E-state index < -0.39 is 11.7 Å². The van der Waals surface area contributed by atoms with Gasteiger partial charge in [0.2, 0.25) is 0 Å². The van der Waals surface area contributed by atoms with Crippen LogP contribution in [-0.4, -0.2) is 23.4 Å². The lowest BCUT2D eigenvalue weighted by molar-refractivity contribution is -0.124. The first-order valence-corrected chi connectivity index (χ1v) is 7.43. The minimum Gasteiger partial charge on any atom is -0.390 e. The average Bonchev–Trinajstić information content (AvgIpc) is 2.39. The molecule has 0 bridgehead atoms. The molecule has 0 saturated heterocycles. The van der Waals surface area contributed by atoms with Crippen LogP contribution in [0.25, 0.3) is 0 Å². The quantitative estimate of drug-likeness (QED) is 0.815. The molecule has 0 saturated carbocycles. The topological polar surface area (TPSA) is 29.5 Å². The highest BCUT2D eigenvalue weighted by atomic mass is 35.5. The van der Waals surface area contributed by atoms with E-state index in [1.54, 1.807) is 0 Å². The first kappa shape index (κ1) is 16.5. The molecule has 0 fully saturated rings. The Morgan fingerprint density at radius 1 is 1.26 bits per heavy atom. The summed E-state index contributed by atoms with van der Waals surface area (Å²) in [7, 11) is 0. The fraction of sp³-hybridized carbons (Fsp3) is 0.625. The van der Waals surface area contributed by atoms with E-state index in [1.807, 2.05) is 32.0 Å². The van der Waals surface area contributed by atoms with Crippen LogP contribution in [0.1, 0.15) is 44.7 Å². The summed E-state index contributed by atoms with van der Waals surface area (Å²) in [4.78, 5) is 0. The van der Waals surface area contributed by atoms with Crippen LogP contribution in [0, 0.1) is 6.92 Å². The SMILES string of the molecule is CCOC(CC)(CC)C(O)Cc1ccc(C)cc1Cl. The Morgan fingerprint density at radius 3 is 2.37 bits per heavy atom. The van der Waals surface area contributed by atoms with E-state index in [2.05, 4.69) is 13.8 Å². The maximum Gasteiger partial charge on any atom is 0.0938 e. The van der Waals surface area contributed by atoms with E-state index in [4.69, 9.17) is 16.3 Å². The highest BCUT2D eigenvalue weighted by Crippen LogP contribution is 2.29. The summed E-state index contributed by atoms with van der Waals surface area (Å²) in [6, 6.07) is 5.95. The maximum atomic E-state index is 10.6. The van der Waals surface area contributed by atoms with Crippen LogP contribution in [0.4, 0.5) is 0 Å². The third-order valence-corrected chi connectivity index (χ3v) is 4.21. The molecule has 0 aliphatic heterocycles. The van der Waals surface area contributed by atoms with Crippen LogP contribution in [0.3, 0.4) is 0 Å². The van der Waals surface area contributed by atoms with E-state index in [0.29, 0.717) is 13.0 Å². The minimum atomic E-state index is -0.539. The molecule has 19 heavy (non-hydrogen) atoms. The zero-order valence-electron chi connectivity index (χ0n) is 12.4. The van der Waals surface area contributed by atoms with Gasteiger partial charge < -0.3 is 9.84 Å². The van der Waals surface area contributed by atoms with E-state index in [9.17, 15) is 5.11 Å². The number of halogens is 1. The van der Waals surface area contributed by atoms with Crippen molar-refractivity contribution in [2.24, 2.45) is 0 Å². The number of hydrogen-bond donors (Lipinski definition) is 1. The lowest BCUT2D eigenvalue weighted by atomic mass is 9.86. The van der Waals surface area contributed by atoms with Gasteiger partial charge in [-0.15, -0.1) is 0 Å². The van der Waals surface area contributed by atoms with Crippen molar-refractivity contribution < 1.29 is 9.84 Å². The van der Waals surface area contributed by atoms with Crippen LogP contribution >= 0.6 is 11.6 Å². The van der Waals surface area contributed by atoms with Gasteiger partial charge in [-0.2, -0.15) is 0 Å². The molecule has 0 amide bonds. The number of aryl methyl sites for hydroxylation is 1. The minimum absolute atomic E-state index is 0.469. The van der Waals surface area contributed by atoms with Gasteiger partial charge >= 0.3 is 0 Å². The Balaban J connectivity index is 2.89. The van der Waals surface area contributed by atoms with Crippen molar-refractivity contribution in [2.45, 2.75) is 58.7 Å². The van der Waals surface area contributed by atoms with E-state index >= 15 is 0 Å². The molecule has 0 radical (unpaired) electrons. The van der Waals surface area contributed by atoms with Crippen molar-refractivity contribution in [3.8, 4) is 0 Å². The smallest absolute Gasteiger partial charge is 0.0938 e. The van der Waals surface area contributed by atoms with Gasteiger partial charge in [0.25, 0.3) is 0 Å². The number of aliphatic hydroxyl groups excluding tert-OH is 1. The Bertz CT molecular complexity index is 400. The van der Waals surface area contributed by atoms with Gasteiger partial charge in [-0.05, 0) is 43.9 Å². The van der Waals surface area contributed by atoms with Crippen molar-refractivity contribution >= 4 is 11.6 Å². The zero-order valence-corrected chi connectivity index (χ0v) is 13.1. The number of ether oxygens (including phenoxy) is 1. The zero-order chi connectivity index (χ0) is 14.5. The van der Waals surface area contributed by atoms with Gasteiger partial charge in [-0.1, -0.05) is 37.6 Å². The summed E-state index contributed by atoms with van der Waals surface area (Å²) in [5.74, 6) is 0. The summed E-state index contributed by atoms with van der Waals surface area (Å²) in [6.45, 7) is 8.69. The van der Waals surface area contributed by atoms with Crippen molar-refractivity contribution in [3.05, 3.63) is 34.3 Å². The number of aliphatic hydroxyl groups is 1. The second kappa shape index (κ2) is 7.28. The third kappa shape index (κ3) is 3.95. The molecule has 0 aliphatic carbocycles. The van der Waals surface area contributed by atoms with Gasteiger partial charge in [0.1, 0.15) is 0 Å². The maximum absolute atomic E-state index is 10.6. The molecule has 1 aromatic carbocycles. The molecule has 0 heterocycles. The fourth-order valence-electron chi connectivity index (χ4n) is 2.52. The van der Waals surface area contributed by atoms with Crippen LogP contribution in [0.2, 0.25) is 5.02 Å². The van der Waals surface area contributed by atoms with Gasteiger partial charge in [0, 0.05) is 18.1 Å². The molecule has 2 nitrogen and oxygen atoms in total. The predicted octanol–water partition coefficient (Wildman–Crippen LogP) is 4.15. The molecule has 0 aromatic heterocycles. The van der Waals surface area contributed by atoms with Gasteiger partial charge in [-0.25, -0.2) is 0 Å². The third-order valence-electron chi connectivity index (χ3n) is 3.86. The Morgan fingerprint density at radius 2 is 1.89 bits per heavy atom. The second-order valence-electron chi connectivity index (χ2n) is 5.02. The highest BCUT2D eigenvalue weighted by Gasteiger charge is 2.35. The fourth-order valence-corrected chi connectivity index (χ4v) is 2.83. The van der Waals surface area contributed by atoms with E-state index in [0.717, 1.165) is 29.0 Å². The number of benzene rings is 1. The Labute approximate surface area is 121 Å². The molecular formula is C16H25ClO2. The van der Waals surface area contributed by atoms with Crippen molar-refractivity contribution in [2.75, 3.05) is 6.61 Å². The lowest BCUT2D eigenvalue weighted by Gasteiger charge is -2.36. The number of rotatable bonds is 7. The Kier molecular flexibility index (Phi) is 6.31. The molecule has 1 N–H and O–H groups in total. The van der Waals surface area contributed by atoms with Crippen LogP contribution in [0.5, 0.6) is 0 Å². The molecule has 0 spiro atoms. The van der Waals surface area contributed by atoms with Gasteiger partial charge in [0.15, 0.2) is 0 Å². The summed E-state index contributed by atoms with van der Waals surface area (Å²) in [5, 5.41) is 11.3. The molecule has 1 unspecified atom stereocenters. The molecular weight excluding hydrogens is 260 g/mol.